The van der Waals surface area contributed by atoms with Gasteiger partial charge >= 0.3 is 12.1 Å². The maximum atomic E-state index is 12.6. The van der Waals surface area contributed by atoms with E-state index in [-0.39, 0.29) is 17.8 Å². The molecule has 3 rings (SSSR count). The van der Waals surface area contributed by atoms with E-state index >= 15 is 0 Å². The molecule has 0 saturated heterocycles. The van der Waals surface area contributed by atoms with Crippen LogP contribution in [0.15, 0.2) is 29.6 Å². The van der Waals surface area contributed by atoms with Crippen LogP contribution in [-0.2, 0) is 27.2 Å². The van der Waals surface area contributed by atoms with E-state index in [0.717, 1.165) is 16.9 Å². The highest BCUT2D eigenvalue weighted by Gasteiger charge is 2.36. The summed E-state index contributed by atoms with van der Waals surface area (Å²) in [5.74, 6) is -0.0300. The summed E-state index contributed by atoms with van der Waals surface area (Å²) in [4.78, 5) is 27.5. The summed E-state index contributed by atoms with van der Waals surface area (Å²) in [5, 5.41) is 10.9. The van der Waals surface area contributed by atoms with Gasteiger partial charge in [0.15, 0.2) is 5.06 Å². The minimum absolute atomic E-state index is 0.134. The lowest BCUT2D eigenvalue weighted by molar-refractivity contribution is -0.145. The molecule has 0 unspecified atom stereocenters. The second kappa shape index (κ2) is 9.00. The van der Waals surface area contributed by atoms with Gasteiger partial charge < -0.3 is 19.3 Å². The topological polar surface area (TPSA) is 85.3 Å². The molecule has 0 spiro atoms. The minimum Gasteiger partial charge on any atom is -0.508 e. The van der Waals surface area contributed by atoms with Crippen molar-refractivity contribution in [2.45, 2.75) is 52.3 Å². The molecular weight excluding hydrogens is 394 g/mol. The lowest BCUT2D eigenvalue weighted by Crippen LogP contribution is -2.46. The van der Waals surface area contributed by atoms with Crippen LogP contribution in [0.2, 0.25) is 0 Å². The quantitative estimate of drug-likeness (QED) is 0.720. The molecule has 158 valence electrons. The molecule has 2 atom stereocenters. The van der Waals surface area contributed by atoms with Crippen LogP contribution in [-0.4, -0.2) is 47.9 Å². The number of aliphatic hydroxyl groups is 1. The number of allylic oxidation sites excluding steroid dienone is 2. The SMILES string of the molecule is COC(=O)[C@H](C1=C[C@@H](C)CC=C1O)N1CCc2sc(OC(=O)OC(C)C)cc2C1. The predicted molar refractivity (Wildman–Crippen MR) is 109 cm³/mol. The third-order valence-corrected chi connectivity index (χ3v) is 6.03. The van der Waals surface area contributed by atoms with E-state index < -0.39 is 18.2 Å². The highest BCUT2D eigenvalue weighted by Crippen LogP contribution is 2.36. The maximum absolute atomic E-state index is 12.6. The number of fused-ring (bicyclic) bond motifs is 1. The molecule has 0 fully saturated rings. The molecule has 1 aromatic heterocycles. The van der Waals surface area contributed by atoms with Crippen LogP contribution in [0.3, 0.4) is 0 Å². The van der Waals surface area contributed by atoms with Crippen molar-refractivity contribution in [1.82, 2.24) is 4.90 Å². The van der Waals surface area contributed by atoms with Gasteiger partial charge in [-0.25, -0.2) is 9.59 Å². The number of hydrogen-bond donors (Lipinski definition) is 1. The Labute approximate surface area is 174 Å². The first-order chi connectivity index (χ1) is 13.8. The van der Waals surface area contributed by atoms with Crippen molar-refractivity contribution in [2.24, 2.45) is 5.92 Å². The van der Waals surface area contributed by atoms with E-state index in [0.29, 0.717) is 30.1 Å². The number of aliphatic hydroxyl groups excluding tert-OH is 1. The zero-order valence-corrected chi connectivity index (χ0v) is 18.0. The van der Waals surface area contributed by atoms with Crippen molar-refractivity contribution in [3.05, 3.63) is 40.0 Å². The van der Waals surface area contributed by atoms with Crippen molar-refractivity contribution < 1.29 is 28.9 Å². The monoisotopic (exact) mass is 421 g/mol. The molecule has 0 radical (unpaired) electrons. The largest absolute Gasteiger partial charge is 0.514 e. The van der Waals surface area contributed by atoms with Gasteiger partial charge in [-0.05, 0) is 50.3 Å². The molecule has 0 amide bonds. The van der Waals surface area contributed by atoms with Crippen LogP contribution in [0.25, 0.3) is 0 Å². The predicted octanol–water partition coefficient (Wildman–Crippen LogP) is 3.98. The number of carbonyl (C=O) groups excluding carboxylic acids is 2. The highest BCUT2D eigenvalue weighted by molar-refractivity contribution is 7.14. The Kier molecular flexibility index (Phi) is 6.64. The van der Waals surface area contributed by atoms with Crippen LogP contribution in [0.4, 0.5) is 4.79 Å². The van der Waals surface area contributed by atoms with Crippen molar-refractivity contribution in [1.29, 1.82) is 0 Å². The van der Waals surface area contributed by atoms with Crippen LogP contribution >= 0.6 is 11.3 Å². The Hall–Kier alpha value is -2.32. The van der Waals surface area contributed by atoms with E-state index in [1.807, 2.05) is 24.0 Å². The summed E-state index contributed by atoms with van der Waals surface area (Å²) in [6.07, 6.45) is 4.17. The van der Waals surface area contributed by atoms with Gasteiger partial charge in [-0.1, -0.05) is 13.0 Å². The number of esters is 1. The average Bonchev–Trinajstić information content (AvgIpc) is 3.05. The molecule has 0 aromatic carbocycles. The third-order valence-electron chi connectivity index (χ3n) is 4.92. The molecule has 1 aromatic rings. The number of nitrogens with zero attached hydrogens (tertiary/aromatic N) is 1. The smallest absolute Gasteiger partial charge is 0.508 e. The lowest BCUT2D eigenvalue weighted by atomic mass is 9.90. The second-order valence-corrected chi connectivity index (χ2v) is 8.70. The molecule has 8 heteroatoms. The summed E-state index contributed by atoms with van der Waals surface area (Å²) in [7, 11) is 1.36. The molecular formula is C21H27NO6S. The summed E-state index contributed by atoms with van der Waals surface area (Å²) in [5.41, 5.74) is 1.58. The number of carbonyl (C=O) groups is 2. The Morgan fingerprint density at radius 3 is 2.79 bits per heavy atom. The van der Waals surface area contributed by atoms with Crippen molar-refractivity contribution in [3.8, 4) is 5.06 Å². The molecule has 2 aliphatic rings. The van der Waals surface area contributed by atoms with E-state index in [1.54, 1.807) is 19.9 Å². The zero-order chi connectivity index (χ0) is 21.1. The molecule has 0 saturated carbocycles. The average molecular weight is 422 g/mol. The van der Waals surface area contributed by atoms with E-state index in [9.17, 15) is 14.7 Å². The van der Waals surface area contributed by atoms with Gasteiger partial charge in [0.05, 0.1) is 13.2 Å². The van der Waals surface area contributed by atoms with Crippen LogP contribution < -0.4 is 4.74 Å². The fourth-order valence-corrected chi connectivity index (χ4v) is 4.59. The first-order valence-corrected chi connectivity index (χ1v) is 10.5. The van der Waals surface area contributed by atoms with E-state index in [4.69, 9.17) is 14.2 Å². The molecule has 1 aliphatic carbocycles. The summed E-state index contributed by atoms with van der Waals surface area (Å²) in [6.45, 7) is 6.69. The zero-order valence-electron chi connectivity index (χ0n) is 17.1. The normalized spacial score (nSPS) is 20.4. The maximum Gasteiger partial charge on any atom is 0.514 e. The number of methoxy groups -OCH3 is 1. The molecule has 2 heterocycles. The number of hydrogen-bond acceptors (Lipinski definition) is 8. The van der Waals surface area contributed by atoms with Gasteiger partial charge in [0, 0.05) is 23.5 Å². The van der Waals surface area contributed by atoms with Crippen molar-refractivity contribution in [3.63, 3.8) is 0 Å². The third kappa shape index (κ3) is 5.00. The number of rotatable bonds is 5. The fraction of sp³-hybridized carbons (Fsp3) is 0.524. The first kappa shape index (κ1) is 21.4. The molecule has 1 N–H and O–H groups in total. The molecule has 7 nitrogen and oxygen atoms in total. The van der Waals surface area contributed by atoms with Crippen molar-refractivity contribution >= 4 is 23.5 Å². The van der Waals surface area contributed by atoms with Crippen LogP contribution in [0.5, 0.6) is 5.06 Å². The number of ether oxygens (including phenoxy) is 3. The van der Waals surface area contributed by atoms with Gasteiger partial charge in [0.25, 0.3) is 0 Å². The standard InChI is InChI=1S/C21H27NO6S/c1-12(2)27-21(25)28-18-10-14-11-22(8-7-17(14)29-18)19(20(24)26-4)15-9-13(3)5-6-16(15)23/h6,9-10,12-13,19,23H,5,7-8,11H2,1-4H3/t13-,19-/m0/s1. The van der Waals surface area contributed by atoms with Gasteiger partial charge in [-0.3, -0.25) is 4.90 Å². The summed E-state index contributed by atoms with van der Waals surface area (Å²) < 4.78 is 15.3. The Morgan fingerprint density at radius 1 is 1.34 bits per heavy atom. The Bertz CT molecular complexity index is 840. The molecule has 29 heavy (non-hydrogen) atoms. The summed E-state index contributed by atoms with van der Waals surface area (Å²) >= 11 is 1.41. The van der Waals surface area contributed by atoms with Gasteiger partial charge in [0.2, 0.25) is 0 Å². The highest BCUT2D eigenvalue weighted by atomic mass is 32.1. The van der Waals surface area contributed by atoms with Crippen LogP contribution in [0.1, 0.15) is 37.6 Å². The van der Waals surface area contributed by atoms with Gasteiger partial charge in [0.1, 0.15) is 11.8 Å². The van der Waals surface area contributed by atoms with Crippen LogP contribution in [0, 0.1) is 5.92 Å². The van der Waals surface area contributed by atoms with E-state index in [1.165, 1.54) is 18.4 Å². The van der Waals surface area contributed by atoms with Gasteiger partial charge in [-0.2, -0.15) is 0 Å². The molecule has 1 aliphatic heterocycles. The minimum atomic E-state index is -0.723. The second-order valence-electron chi connectivity index (χ2n) is 7.60. The number of thiophene rings is 1. The Balaban J connectivity index is 1.79. The molecule has 0 bridgehead atoms. The van der Waals surface area contributed by atoms with Crippen molar-refractivity contribution in [2.75, 3.05) is 13.7 Å². The summed E-state index contributed by atoms with van der Waals surface area (Å²) in [6, 6.07) is 1.14. The first-order valence-electron chi connectivity index (χ1n) is 9.71. The Morgan fingerprint density at radius 2 is 2.10 bits per heavy atom. The van der Waals surface area contributed by atoms with Gasteiger partial charge in [-0.15, -0.1) is 11.3 Å². The fourth-order valence-electron chi connectivity index (χ4n) is 3.59. The van der Waals surface area contributed by atoms with E-state index in [2.05, 4.69) is 0 Å². The lowest BCUT2D eigenvalue weighted by Gasteiger charge is -2.35.